The number of rotatable bonds is 2. The van der Waals surface area contributed by atoms with Crippen molar-refractivity contribution in [1.29, 1.82) is 0 Å². The number of carbonyl (C=O) groups excluding carboxylic acids is 1. The van der Waals surface area contributed by atoms with Gasteiger partial charge in [-0.15, -0.1) is 0 Å². The van der Waals surface area contributed by atoms with Crippen molar-refractivity contribution in [1.82, 2.24) is 15.0 Å². The van der Waals surface area contributed by atoms with Gasteiger partial charge in [-0.1, -0.05) is 6.42 Å². The van der Waals surface area contributed by atoms with Crippen LogP contribution in [-0.2, 0) is 7.05 Å². The maximum atomic E-state index is 12.2. The van der Waals surface area contributed by atoms with Crippen LogP contribution in [0, 0.1) is 0 Å². The number of amides is 1. The van der Waals surface area contributed by atoms with Crippen LogP contribution in [0.2, 0.25) is 0 Å². The van der Waals surface area contributed by atoms with E-state index in [1.54, 1.807) is 0 Å². The zero-order chi connectivity index (χ0) is 13.3. The first-order chi connectivity index (χ1) is 8.49. The lowest BCUT2D eigenvalue weighted by molar-refractivity contribution is 0.0364. The Morgan fingerprint density at radius 3 is 2.50 bits per heavy atom. The zero-order valence-electron chi connectivity index (χ0n) is 11.1. The van der Waals surface area contributed by atoms with Crippen molar-refractivity contribution >= 4 is 21.8 Å². The van der Waals surface area contributed by atoms with Crippen molar-refractivity contribution in [2.45, 2.75) is 45.2 Å². The van der Waals surface area contributed by atoms with Gasteiger partial charge in [0.05, 0.1) is 0 Å². The van der Waals surface area contributed by atoms with Gasteiger partial charge in [0.25, 0.3) is 5.91 Å². The molecule has 5 heteroatoms. The van der Waals surface area contributed by atoms with E-state index in [9.17, 15) is 4.79 Å². The zero-order valence-corrected chi connectivity index (χ0v) is 12.7. The van der Waals surface area contributed by atoms with Crippen molar-refractivity contribution in [3.63, 3.8) is 0 Å². The second-order valence-corrected chi connectivity index (χ2v) is 6.05. The standard InChI is InChI=1S/C13H20BrN3O/c1-9-5-4-6-10(2)17(9)15-13(18)12-7-11(14)8-16(12)3/h7-10H,4-6H2,1-3H3,(H,15,18). The summed E-state index contributed by atoms with van der Waals surface area (Å²) in [7, 11) is 1.88. The van der Waals surface area contributed by atoms with Crippen molar-refractivity contribution in [2.75, 3.05) is 0 Å². The molecule has 1 aromatic rings. The lowest BCUT2D eigenvalue weighted by atomic mass is 10.00. The molecule has 0 aliphatic carbocycles. The summed E-state index contributed by atoms with van der Waals surface area (Å²) in [5.74, 6) is -0.0381. The van der Waals surface area contributed by atoms with E-state index in [0.29, 0.717) is 17.8 Å². The molecule has 1 aromatic heterocycles. The summed E-state index contributed by atoms with van der Waals surface area (Å²) in [6.45, 7) is 4.33. The Morgan fingerprint density at radius 2 is 2.00 bits per heavy atom. The summed E-state index contributed by atoms with van der Waals surface area (Å²) in [5, 5.41) is 2.09. The fourth-order valence-electron chi connectivity index (χ4n) is 2.57. The van der Waals surface area contributed by atoms with Gasteiger partial charge in [0.2, 0.25) is 0 Å². The molecule has 1 amide bonds. The molecule has 1 fully saturated rings. The SMILES string of the molecule is CC1CCCC(C)N1NC(=O)c1cc(Br)cn1C. The first-order valence-electron chi connectivity index (χ1n) is 6.40. The third-order valence-electron chi connectivity index (χ3n) is 3.63. The van der Waals surface area contributed by atoms with Crippen molar-refractivity contribution in [3.05, 3.63) is 22.4 Å². The molecular weight excluding hydrogens is 294 g/mol. The number of hydrogen-bond donors (Lipinski definition) is 1. The molecule has 1 saturated heterocycles. The number of hydrogen-bond acceptors (Lipinski definition) is 2. The van der Waals surface area contributed by atoms with Gasteiger partial charge in [0, 0.05) is 29.8 Å². The molecule has 1 N–H and O–H groups in total. The highest BCUT2D eigenvalue weighted by molar-refractivity contribution is 9.10. The van der Waals surface area contributed by atoms with Gasteiger partial charge in [0.15, 0.2) is 0 Å². The lowest BCUT2D eigenvalue weighted by Gasteiger charge is -2.38. The topological polar surface area (TPSA) is 37.3 Å². The molecule has 2 atom stereocenters. The highest BCUT2D eigenvalue weighted by atomic mass is 79.9. The van der Waals surface area contributed by atoms with E-state index in [0.717, 1.165) is 17.3 Å². The van der Waals surface area contributed by atoms with Crippen LogP contribution in [0.3, 0.4) is 0 Å². The molecule has 2 heterocycles. The van der Waals surface area contributed by atoms with Gasteiger partial charge in [-0.25, -0.2) is 5.01 Å². The van der Waals surface area contributed by atoms with Crippen LogP contribution < -0.4 is 5.43 Å². The Hall–Kier alpha value is -0.810. The monoisotopic (exact) mass is 313 g/mol. The second-order valence-electron chi connectivity index (χ2n) is 5.13. The van der Waals surface area contributed by atoms with Gasteiger partial charge >= 0.3 is 0 Å². The Labute approximate surface area is 116 Å². The minimum absolute atomic E-state index is 0.0381. The van der Waals surface area contributed by atoms with Gasteiger partial charge in [-0.3, -0.25) is 10.2 Å². The quantitative estimate of drug-likeness (QED) is 0.911. The predicted octanol–water partition coefficient (Wildman–Crippen LogP) is 2.70. The molecule has 0 bridgehead atoms. The van der Waals surface area contributed by atoms with Crippen LogP contribution in [0.1, 0.15) is 43.6 Å². The Kier molecular flexibility index (Phi) is 4.12. The Balaban J connectivity index is 2.08. The number of aromatic nitrogens is 1. The van der Waals surface area contributed by atoms with Crippen LogP contribution in [0.25, 0.3) is 0 Å². The molecule has 0 aromatic carbocycles. The average Bonchev–Trinajstić information content (AvgIpc) is 2.63. The highest BCUT2D eigenvalue weighted by Crippen LogP contribution is 2.21. The van der Waals surface area contributed by atoms with E-state index >= 15 is 0 Å². The molecule has 1 aliphatic heterocycles. The molecule has 2 rings (SSSR count). The smallest absolute Gasteiger partial charge is 0.282 e. The molecule has 2 unspecified atom stereocenters. The van der Waals surface area contributed by atoms with E-state index in [4.69, 9.17) is 0 Å². The maximum absolute atomic E-state index is 12.2. The van der Waals surface area contributed by atoms with Crippen molar-refractivity contribution < 1.29 is 4.79 Å². The molecule has 0 saturated carbocycles. The normalized spacial score (nSPS) is 25.1. The number of piperidine rings is 1. The van der Waals surface area contributed by atoms with E-state index in [1.807, 2.05) is 23.9 Å². The minimum Gasteiger partial charge on any atom is -0.345 e. The summed E-state index contributed by atoms with van der Waals surface area (Å²) in [5.41, 5.74) is 3.71. The molecule has 0 radical (unpaired) electrons. The largest absolute Gasteiger partial charge is 0.345 e. The third kappa shape index (κ3) is 2.78. The molecule has 18 heavy (non-hydrogen) atoms. The van der Waals surface area contributed by atoms with E-state index in [1.165, 1.54) is 6.42 Å². The number of nitrogens with one attached hydrogen (secondary N) is 1. The van der Waals surface area contributed by atoms with Crippen molar-refractivity contribution in [3.8, 4) is 0 Å². The van der Waals surface area contributed by atoms with Gasteiger partial charge in [-0.2, -0.15) is 0 Å². The molecule has 4 nitrogen and oxygen atoms in total. The van der Waals surface area contributed by atoms with Gasteiger partial charge < -0.3 is 4.57 Å². The molecule has 0 spiro atoms. The Bertz CT molecular complexity index is 433. The average molecular weight is 314 g/mol. The number of aryl methyl sites for hydroxylation is 1. The van der Waals surface area contributed by atoms with E-state index in [2.05, 4.69) is 40.2 Å². The Morgan fingerprint density at radius 1 is 1.39 bits per heavy atom. The van der Waals surface area contributed by atoms with Crippen LogP contribution in [0.5, 0.6) is 0 Å². The van der Waals surface area contributed by atoms with Crippen LogP contribution in [0.4, 0.5) is 0 Å². The first-order valence-corrected chi connectivity index (χ1v) is 7.19. The second kappa shape index (κ2) is 5.45. The molecule has 1 aliphatic rings. The molecular formula is C13H20BrN3O. The van der Waals surface area contributed by atoms with Crippen LogP contribution in [0.15, 0.2) is 16.7 Å². The maximum Gasteiger partial charge on any atom is 0.282 e. The fraction of sp³-hybridized carbons (Fsp3) is 0.615. The van der Waals surface area contributed by atoms with Crippen LogP contribution in [-0.4, -0.2) is 27.6 Å². The number of halogens is 1. The van der Waals surface area contributed by atoms with Crippen LogP contribution >= 0.6 is 15.9 Å². The third-order valence-corrected chi connectivity index (χ3v) is 4.06. The summed E-state index contributed by atoms with van der Waals surface area (Å²) in [6, 6.07) is 2.65. The molecule has 100 valence electrons. The summed E-state index contributed by atoms with van der Waals surface area (Å²) < 4.78 is 2.76. The lowest BCUT2D eigenvalue weighted by Crippen LogP contribution is -2.54. The van der Waals surface area contributed by atoms with Crippen molar-refractivity contribution in [2.24, 2.45) is 7.05 Å². The minimum atomic E-state index is -0.0381. The van der Waals surface area contributed by atoms with Gasteiger partial charge in [0.1, 0.15) is 5.69 Å². The number of nitrogens with zero attached hydrogens (tertiary/aromatic N) is 2. The predicted molar refractivity (Wildman–Crippen MR) is 75.2 cm³/mol. The fourth-order valence-corrected chi connectivity index (χ4v) is 3.09. The number of carbonyl (C=O) groups is 1. The number of hydrazine groups is 1. The first kappa shape index (κ1) is 13.6. The highest BCUT2D eigenvalue weighted by Gasteiger charge is 2.27. The van der Waals surface area contributed by atoms with E-state index < -0.39 is 0 Å². The summed E-state index contributed by atoms with van der Waals surface area (Å²) in [4.78, 5) is 12.2. The summed E-state index contributed by atoms with van der Waals surface area (Å²) >= 11 is 3.39. The van der Waals surface area contributed by atoms with E-state index in [-0.39, 0.29) is 5.91 Å². The summed E-state index contributed by atoms with van der Waals surface area (Å²) in [6.07, 6.45) is 5.41. The van der Waals surface area contributed by atoms with Gasteiger partial charge in [-0.05, 0) is 48.7 Å².